The molecule has 3 aromatic heterocycles. The Morgan fingerprint density at radius 1 is 1.31 bits per heavy atom. The third-order valence-electron chi connectivity index (χ3n) is 4.30. The summed E-state index contributed by atoms with van der Waals surface area (Å²) in [6.07, 6.45) is 2.18. The lowest BCUT2D eigenvalue weighted by Gasteiger charge is -2.06. The van der Waals surface area contributed by atoms with Gasteiger partial charge in [0.1, 0.15) is 17.1 Å². The lowest BCUT2D eigenvalue weighted by atomic mass is 10.1. The molecule has 0 aliphatic carbocycles. The molecule has 0 fully saturated rings. The van der Waals surface area contributed by atoms with Gasteiger partial charge in [-0.1, -0.05) is 24.0 Å². The van der Waals surface area contributed by atoms with Crippen LogP contribution in [-0.2, 0) is 7.05 Å². The summed E-state index contributed by atoms with van der Waals surface area (Å²) in [5, 5.41) is 10.7. The Hall–Kier alpha value is -3.96. The quantitative estimate of drug-likeness (QED) is 0.520. The maximum atomic E-state index is 11.8. The van der Waals surface area contributed by atoms with E-state index in [4.69, 9.17) is 10.2 Å². The second-order valence-electron chi connectivity index (χ2n) is 6.49. The molecule has 0 spiro atoms. The Bertz CT molecular complexity index is 1290. The van der Waals surface area contributed by atoms with Crippen molar-refractivity contribution in [3.05, 3.63) is 65.6 Å². The lowest BCUT2D eigenvalue weighted by molar-refractivity contribution is 0.0997. The van der Waals surface area contributed by atoms with Crippen molar-refractivity contribution >= 4 is 16.9 Å². The fourth-order valence-electron chi connectivity index (χ4n) is 2.90. The molecule has 3 N–H and O–H groups in total. The van der Waals surface area contributed by atoms with Crippen molar-refractivity contribution in [3.8, 4) is 23.2 Å². The lowest BCUT2D eigenvalue weighted by Crippen LogP contribution is -2.14. The van der Waals surface area contributed by atoms with E-state index >= 15 is 0 Å². The van der Waals surface area contributed by atoms with Crippen molar-refractivity contribution < 1.29 is 14.3 Å². The fraction of sp³-hybridized carbons (Fsp3) is 0.143. The van der Waals surface area contributed by atoms with Crippen LogP contribution in [0.2, 0.25) is 0 Å². The smallest absolute Gasteiger partial charge is 0.268 e. The van der Waals surface area contributed by atoms with Crippen LogP contribution in [-0.4, -0.2) is 30.5 Å². The highest BCUT2D eigenvalue weighted by molar-refractivity contribution is 6.03. The van der Waals surface area contributed by atoms with Crippen LogP contribution in [0, 0.1) is 18.8 Å². The zero-order valence-electron chi connectivity index (χ0n) is 15.7. The number of aliphatic hydroxyl groups is 1. The molecule has 0 aliphatic rings. The molecule has 8 nitrogen and oxygen atoms in total. The van der Waals surface area contributed by atoms with Gasteiger partial charge >= 0.3 is 0 Å². The first-order valence-corrected chi connectivity index (χ1v) is 8.77. The van der Waals surface area contributed by atoms with Gasteiger partial charge in [0, 0.05) is 24.4 Å². The molecule has 1 aromatic carbocycles. The second kappa shape index (κ2) is 7.22. The summed E-state index contributed by atoms with van der Waals surface area (Å²) in [7, 11) is 1.83. The number of benzene rings is 1. The van der Waals surface area contributed by atoms with E-state index in [0.29, 0.717) is 33.7 Å². The van der Waals surface area contributed by atoms with Crippen LogP contribution in [0.15, 0.2) is 47.1 Å². The highest BCUT2D eigenvalue weighted by Gasteiger charge is 2.15. The fourth-order valence-corrected chi connectivity index (χ4v) is 2.90. The molecule has 0 unspecified atom stereocenters. The first kappa shape index (κ1) is 18.4. The molecule has 4 rings (SSSR count). The third kappa shape index (κ3) is 3.59. The number of hydrogen-bond donors (Lipinski definition) is 2. The zero-order valence-corrected chi connectivity index (χ0v) is 15.7. The van der Waals surface area contributed by atoms with Gasteiger partial charge in [-0.05, 0) is 25.1 Å². The maximum absolute atomic E-state index is 11.8. The van der Waals surface area contributed by atoms with E-state index in [0.717, 1.165) is 0 Å². The van der Waals surface area contributed by atoms with Crippen molar-refractivity contribution in [2.45, 2.75) is 13.0 Å². The average Bonchev–Trinajstić information content (AvgIpc) is 3.31. The Morgan fingerprint density at radius 2 is 2.14 bits per heavy atom. The van der Waals surface area contributed by atoms with Crippen molar-refractivity contribution in [1.82, 2.24) is 19.5 Å². The highest BCUT2D eigenvalue weighted by atomic mass is 16.4. The normalized spacial score (nSPS) is 11.8. The summed E-state index contributed by atoms with van der Waals surface area (Å²) < 4.78 is 7.07. The van der Waals surface area contributed by atoms with Crippen LogP contribution < -0.4 is 5.73 Å². The van der Waals surface area contributed by atoms with E-state index in [-0.39, 0.29) is 11.6 Å². The second-order valence-corrected chi connectivity index (χ2v) is 6.49. The third-order valence-corrected chi connectivity index (χ3v) is 4.30. The number of aliphatic hydroxyl groups excluding tert-OH is 1. The summed E-state index contributed by atoms with van der Waals surface area (Å²) in [6.45, 7) is 1.74. The molecule has 0 radical (unpaired) electrons. The first-order valence-electron chi connectivity index (χ1n) is 8.77. The number of oxazole rings is 1. The van der Waals surface area contributed by atoms with Crippen LogP contribution in [0.3, 0.4) is 0 Å². The van der Waals surface area contributed by atoms with Gasteiger partial charge in [-0.2, -0.15) is 0 Å². The van der Waals surface area contributed by atoms with E-state index in [1.165, 1.54) is 6.20 Å². The Labute approximate surface area is 166 Å². The first-order chi connectivity index (χ1) is 13.9. The van der Waals surface area contributed by atoms with Gasteiger partial charge in [-0.15, -0.1) is 0 Å². The van der Waals surface area contributed by atoms with Gasteiger partial charge in [0.2, 0.25) is 5.89 Å². The Balaban J connectivity index is 1.72. The largest absolute Gasteiger partial charge is 0.442 e. The maximum Gasteiger partial charge on any atom is 0.268 e. The van der Waals surface area contributed by atoms with Gasteiger partial charge in [-0.3, -0.25) is 4.79 Å². The molecule has 0 aliphatic heterocycles. The van der Waals surface area contributed by atoms with Crippen LogP contribution in [0.25, 0.3) is 22.4 Å². The summed E-state index contributed by atoms with van der Waals surface area (Å²) in [5.41, 5.74) is 7.58. The van der Waals surface area contributed by atoms with Crippen molar-refractivity contribution in [3.63, 3.8) is 0 Å². The zero-order chi connectivity index (χ0) is 20.5. The molecule has 1 atom stereocenters. The standard InChI is InChI=1S/C21H17N5O3/c1-12-11-23-21(29-12)16(27)7-6-13-4-3-5-14(10-13)19-24-17(18(22)28)15-8-9-26(2)20(15)25-19/h3-5,8-11,16,27H,1-2H3,(H2,22,28)/t16-/m0/s1. The summed E-state index contributed by atoms with van der Waals surface area (Å²) in [4.78, 5) is 24.7. The number of rotatable bonds is 3. The number of nitrogens with zero attached hydrogens (tertiary/aromatic N) is 4. The molecule has 29 heavy (non-hydrogen) atoms. The summed E-state index contributed by atoms with van der Waals surface area (Å²) in [6, 6.07) is 8.93. The minimum Gasteiger partial charge on any atom is -0.442 e. The topological polar surface area (TPSA) is 120 Å². The highest BCUT2D eigenvalue weighted by Crippen LogP contribution is 2.23. The predicted molar refractivity (Wildman–Crippen MR) is 106 cm³/mol. The SMILES string of the molecule is Cc1cnc([C@@H](O)C#Cc2cccc(-c3nc(C(N)=O)c4ccn(C)c4n3)c2)o1. The Kier molecular flexibility index (Phi) is 4.58. The van der Waals surface area contributed by atoms with Crippen LogP contribution >= 0.6 is 0 Å². The van der Waals surface area contributed by atoms with E-state index in [2.05, 4.69) is 26.8 Å². The number of primary amides is 1. The number of amides is 1. The summed E-state index contributed by atoms with van der Waals surface area (Å²) in [5.74, 6) is 6.08. The molecule has 144 valence electrons. The van der Waals surface area contributed by atoms with E-state index in [1.54, 1.807) is 42.0 Å². The van der Waals surface area contributed by atoms with E-state index in [1.807, 2.05) is 13.1 Å². The van der Waals surface area contributed by atoms with Crippen LogP contribution in [0.5, 0.6) is 0 Å². The van der Waals surface area contributed by atoms with E-state index in [9.17, 15) is 9.90 Å². The van der Waals surface area contributed by atoms with Crippen LogP contribution in [0.1, 0.15) is 33.8 Å². The summed E-state index contributed by atoms with van der Waals surface area (Å²) >= 11 is 0. The van der Waals surface area contributed by atoms with Crippen molar-refractivity contribution in [1.29, 1.82) is 0 Å². The van der Waals surface area contributed by atoms with Crippen molar-refractivity contribution in [2.75, 3.05) is 0 Å². The van der Waals surface area contributed by atoms with Gasteiger partial charge in [0.05, 0.1) is 11.6 Å². The molecule has 0 bridgehead atoms. The number of nitrogens with two attached hydrogens (primary N) is 1. The Morgan fingerprint density at radius 3 is 2.86 bits per heavy atom. The minimum absolute atomic E-state index is 0.148. The monoisotopic (exact) mass is 387 g/mol. The number of aryl methyl sites for hydroxylation is 2. The van der Waals surface area contributed by atoms with Gasteiger partial charge < -0.3 is 19.8 Å². The molecule has 1 amide bonds. The number of aromatic nitrogens is 4. The molecule has 0 saturated carbocycles. The van der Waals surface area contributed by atoms with E-state index < -0.39 is 12.0 Å². The minimum atomic E-state index is -1.13. The van der Waals surface area contributed by atoms with Gasteiger partial charge in [0.25, 0.3) is 5.91 Å². The molecular weight excluding hydrogens is 370 g/mol. The number of carbonyl (C=O) groups excluding carboxylic acids is 1. The van der Waals surface area contributed by atoms with Crippen LogP contribution in [0.4, 0.5) is 0 Å². The predicted octanol–water partition coefficient (Wildman–Crippen LogP) is 2.12. The number of hydrogen-bond acceptors (Lipinski definition) is 6. The number of carbonyl (C=O) groups is 1. The molecule has 4 aromatic rings. The number of fused-ring (bicyclic) bond motifs is 1. The molecule has 8 heteroatoms. The van der Waals surface area contributed by atoms with Crippen molar-refractivity contribution in [2.24, 2.45) is 12.8 Å². The molecule has 3 heterocycles. The molecular formula is C21H17N5O3. The van der Waals surface area contributed by atoms with Gasteiger partial charge in [0.15, 0.2) is 11.9 Å². The average molecular weight is 387 g/mol. The molecule has 0 saturated heterocycles. The van der Waals surface area contributed by atoms with Gasteiger partial charge in [-0.25, -0.2) is 15.0 Å².